The second-order valence-corrected chi connectivity index (χ2v) is 7.23. The highest BCUT2D eigenvalue weighted by Gasteiger charge is 2.58. The molecular weight excluding hydrogens is 358 g/mol. The van der Waals surface area contributed by atoms with E-state index in [-0.39, 0.29) is 32.0 Å². The van der Waals surface area contributed by atoms with Crippen molar-refractivity contribution in [2.24, 2.45) is 5.73 Å². The van der Waals surface area contributed by atoms with E-state index in [0.717, 1.165) is 18.0 Å². The second-order valence-electron chi connectivity index (χ2n) is 6.23. The van der Waals surface area contributed by atoms with Gasteiger partial charge in [0.2, 0.25) is 5.72 Å². The van der Waals surface area contributed by atoms with Crippen LogP contribution >= 0.6 is 0 Å². The molecule has 142 valence electrons. The largest absolute Gasteiger partial charge is 0.418 e. The summed E-state index contributed by atoms with van der Waals surface area (Å²) >= 11 is 0. The van der Waals surface area contributed by atoms with Crippen LogP contribution in [0.15, 0.2) is 0 Å². The van der Waals surface area contributed by atoms with E-state index in [4.69, 9.17) is 15.0 Å². The fourth-order valence-electron chi connectivity index (χ4n) is 3.39. The highest BCUT2D eigenvalue weighted by atomic mass is 32.3. The number of nitrogens with one attached hydrogen (secondary N) is 2. The third-order valence-electron chi connectivity index (χ3n) is 4.61. The molecule has 0 aliphatic carbocycles. The van der Waals surface area contributed by atoms with Gasteiger partial charge in [0, 0.05) is 38.6 Å². The number of carbonyl (C=O) groups excluding carboxylic acids is 2. The number of nitrogens with two attached hydrogens (primary N) is 1. The standard InChI is InChI=1S/C12H21N5O7S/c13-10(18)12(23-7-8-5-14-3-4-15-8)2-1-9-6-16(12)11(19)17(9)24-25(20,21)22/h8-9,14-15H,1-7H2,(H2,13,18)(H,20,21,22)/t8?,9-,12+/m1/s1. The first-order valence-corrected chi connectivity index (χ1v) is 9.25. The van der Waals surface area contributed by atoms with E-state index in [0.29, 0.717) is 11.6 Å². The first-order valence-electron chi connectivity index (χ1n) is 7.89. The fourth-order valence-corrected chi connectivity index (χ4v) is 3.78. The van der Waals surface area contributed by atoms with Gasteiger partial charge in [0.1, 0.15) is 0 Å². The monoisotopic (exact) mass is 379 g/mol. The van der Waals surface area contributed by atoms with Gasteiger partial charge in [-0.1, -0.05) is 0 Å². The van der Waals surface area contributed by atoms with Crippen molar-refractivity contribution in [2.75, 3.05) is 32.8 Å². The Bertz CT molecular complexity index is 652. The summed E-state index contributed by atoms with van der Waals surface area (Å²) in [5, 5.41) is 6.94. The van der Waals surface area contributed by atoms with Gasteiger partial charge >= 0.3 is 16.4 Å². The molecule has 3 aliphatic rings. The van der Waals surface area contributed by atoms with Crippen LogP contribution < -0.4 is 16.4 Å². The molecule has 0 saturated carbocycles. The van der Waals surface area contributed by atoms with Crippen LogP contribution in [-0.2, 0) is 24.2 Å². The number of hydrogen-bond donors (Lipinski definition) is 4. The van der Waals surface area contributed by atoms with Crippen LogP contribution in [0, 0.1) is 0 Å². The van der Waals surface area contributed by atoms with Gasteiger partial charge in [-0.05, 0) is 6.42 Å². The minimum Gasteiger partial charge on any atom is -0.365 e. The zero-order chi connectivity index (χ0) is 18.2. The molecular formula is C12H21N5O7S. The molecule has 3 fully saturated rings. The summed E-state index contributed by atoms with van der Waals surface area (Å²) in [6, 6.07) is -1.57. The molecule has 0 spiro atoms. The van der Waals surface area contributed by atoms with Gasteiger partial charge in [-0.2, -0.15) is 13.5 Å². The van der Waals surface area contributed by atoms with E-state index in [2.05, 4.69) is 14.9 Å². The number of primary amides is 1. The number of fused-ring (bicyclic) bond motifs is 2. The predicted octanol–water partition coefficient (Wildman–Crippen LogP) is -2.62. The highest BCUT2D eigenvalue weighted by molar-refractivity contribution is 7.80. The summed E-state index contributed by atoms with van der Waals surface area (Å²) in [4.78, 5) is 25.6. The first kappa shape index (κ1) is 18.3. The lowest BCUT2D eigenvalue weighted by Crippen LogP contribution is -2.63. The van der Waals surface area contributed by atoms with Crippen LogP contribution in [0.25, 0.3) is 0 Å². The molecule has 1 unspecified atom stereocenters. The average molecular weight is 379 g/mol. The highest BCUT2D eigenvalue weighted by Crippen LogP contribution is 2.38. The molecule has 12 nitrogen and oxygen atoms in total. The van der Waals surface area contributed by atoms with Gasteiger partial charge in [0.25, 0.3) is 5.91 Å². The number of hydroxylamine groups is 2. The average Bonchev–Trinajstić information content (AvgIpc) is 2.80. The Morgan fingerprint density at radius 1 is 1.44 bits per heavy atom. The maximum Gasteiger partial charge on any atom is 0.418 e. The van der Waals surface area contributed by atoms with Crippen molar-refractivity contribution < 1.29 is 31.6 Å². The van der Waals surface area contributed by atoms with Crippen LogP contribution in [0.4, 0.5) is 4.79 Å². The summed E-state index contributed by atoms with van der Waals surface area (Å²) in [6.45, 7) is 2.37. The Balaban J connectivity index is 1.76. The lowest BCUT2D eigenvalue weighted by Gasteiger charge is -2.41. The minimum absolute atomic E-state index is 0.00758. The number of amides is 3. The third-order valence-corrected chi connectivity index (χ3v) is 4.95. The second kappa shape index (κ2) is 6.66. The van der Waals surface area contributed by atoms with E-state index in [1.807, 2.05) is 0 Å². The minimum atomic E-state index is -4.86. The summed E-state index contributed by atoms with van der Waals surface area (Å²) < 4.78 is 40.8. The van der Waals surface area contributed by atoms with Crippen LogP contribution in [0.1, 0.15) is 12.8 Å². The molecule has 0 aromatic rings. The molecule has 0 aromatic heterocycles. The van der Waals surface area contributed by atoms with Crippen molar-refractivity contribution in [3.05, 3.63) is 0 Å². The number of ether oxygens (including phenoxy) is 1. The van der Waals surface area contributed by atoms with Crippen molar-refractivity contribution in [2.45, 2.75) is 30.7 Å². The Kier molecular flexibility index (Phi) is 4.87. The number of rotatable bonds is 6. The summed E-state index contributed by atoms with van der Waals surface area (Å²) in [5.74, 6) is -0.836. The quantitative estimate of drug-likeness (QED) is 0.362. The van der Waals surface area contributed by atoms with Crippen LogP contribution in [0.2, 0.25) is 0 Å². The van der Waals surface area contributed by atoms with Gasteiger partial charge < -0.3 is 21.1 Å². The van der Waals surface area contributed by atoms with E-state index in [1.54, 1.807) is 0 Å². The molecule has 3 amide bonds. The number of urea groups is 1. The van der Waals surface area contributed by atoms with Crippen LogP contribution in [0.3, 0.4) is 0 Å². The third kappa shape index (κ3) is 3.56. The number of nitrogens with zero attached hydrogens (tertiary/aromatic N) is 2. The smallest absolute Gasteiger partial charge is 0.365 e. The maximum atomic E-state index is 12.5. The van der Waals surface area contributed by atoms with Gasteiger partial charge in [0.15, 0.2) is 0 Å². The summed E-state index contributed by atoms with van der Waals surface area (Å²) in [6.07, 6.45) is 0.335. The molecule has 3 saturated heterocycles. The van der Waals surface area contributed by atoms with Crippen molar-refractivity contribution >= 4 is 22.3 Å². The number of hydrogen-bond acceptors (Lipinski definition) is 8. The summed E-state index contributed by atoms with van der Waals surface area (Å²) in [7, 11) is -4.86. The summed E-state index contributed by atoms with van der Waals surface area (Å²) in [5.41, 5.74) is 3.84. The molecule has 3 aliphatic heterocycles. The van der Waals surface area contributed by atoms with Crippen molar-refractivity contribution in [3.63, 3.8) is 0 Å². The lowest BCUT2D eigenvalue weighted by atomic mass is 9.96. The van der Waals surface area contributed by atoms with Crippen LogP contribution in [0.5, 0.6) is 0 Å². The first-order chi connectivity index (χ1) is 11.7. The molecule has 25 heavy (non-hydrogen) atoms. The molecule has 13 heteroatoms. The molecule has 3 atom stereocenters. The lowest BCUT2D eigenvalue weighted by molar-refractivity contribution is -0.175. The number of piperidine rings is 1. The van der Waals surface area contributed by atoms with Gasteiger partial charge in [-0.25, -0.2) is 4.79 Å². The van der Waals surface area contributed by atoms with Crippen LogP contribution in [-0.4, -0.2) is 85.5 Å². The zero-order valence-corrected chi connectivity index (χ0v) is 14.2. The van der Waals surface area contributed by atoms with Gasteiger partial charge in [-0.3, -0.25) is 14.2 Å². The van der Waals surface area contributed by atoms with Crippen molar-refractivity contribution in [1.82, 2.24) is 20.6 Å². The predicted molar refractivity (Wildman–Crippen MR) is 82.1 cm³/mol. The number of carbonyl (C=O) groups is 2. The topological polar surface area (TPSA) is 164 Å². The Hall–Kier alpha value is -1.51. The Labute approximate surface area is 144 Å². The van der Waals surface area contributed by atoms with Crippen molar-refractivity contribution in [3.8, 4) is 0 Å². The fraction of sp³-hybridized carbons (Fsp3) is 0.833. The maximum absolute atomic E-state index is 12.5. The zero-order valence-electron chi connectivity index (χ0n) is 13.4. The molecule has 3 heterocycles. The molecule has 2 bridgehead atoms. The van der Waals surface area contributed by atoms with Gasteiger partial charge in [-0.15, -0.1) is 4.28 Å². The SMILES string of the molecule is NC(=O)[C@@]1(OCC2CNCCN2)CC[C@@H]2CN1C(=O)N2OS(=O)(=O)O. The van der Waals surface area contributed by atoms with E-state index in [9.17, 15) is 18.0 Å². The number of piperazine rings is 1. The molecule has 0 aromatic carbocycles. The molecule has 0 radical (unpaired) electrons. The van der Waals surface area contributed by atoms with Gasteiger partial charge in [0.05, 0.1) is 12.6 Å². The van der Waals surface area contributed by atoms with E-state index in [1.165, 1.54) is 0 Å². The van der Waals surface area contributed by atoms with E-state index >= 15 is 0 Å². The molecule has 3 rings (SSSR count). The normalized spacial score (nSPS) is 32.9. The van der Waals surface area contributed by atoms with E-state index < -0.39 is 34.1 Å². The Morgan fingerprint density at radius 3 is 2.80 bits per heavy atom. The Morgan fingerprint density at radius 2 is 2.20 bits per heavy atom. The molecule has 5 N–H and O–H groups in total. The van der Waals surface area contributed by atoms with Crippen molar-refractivity contribution in [1.29, 1.82) is 0 Å².